The average Bonchev–Trinajstić information content (AvgIpc) is 2.60. The van der Waals surface area contributed by atoms with E-state index in [0.29, 0.717) is 13.1 Å². The first kappa shape index (κ1) is 24.0. The number of carboxylic acids is 1. The Morgan fingerprint density at radius 2 is 1.58 bits per heavy atom. The molecule has 24 heavy (non-hydrogen) atoms. The standard InChI is InChI=1S/C10H8N2O2.C5H11NO2.CH3Cl/c13-7-11-5-9-2-1-3-10(4-9)6-12-8-14;1-3(2)4(6)5(7)8;1-2/h1-4H,5-6H2;3-4H,6H2,1-2H3,(H,7,8);1H3/t;4-;/m.0./s1. The summed E-state index contributed by atoms with van der Waals surface area (Å²) in [6, 6.07) is 6.63. The number of carbonyl (C=O) groups is 1. The van der Waals surface area contributed by atoms with E-state index in [0.717, 1.165) is 11.1 Å². The third-order valence-corrected chi connectivity index (χ3v) is 2.65. The minimum Gasteiger partial charge on any atom is -0.480 e. The van der Waals surface area contributed by atoms with Crippen LogP contribution < -0.4 is 5.73 Å². The van der Waals surface area contributed by atoms with E-state index in [1.807, 2.05) is 24.3 Å². The van der Waals surface area contributed by atoms with Crippen LogP contribution in [0.2, 0.25) is 0 Å². The highest BCUT2D eigenvalue weighted by Gasteiger charge is 2.14. The topological polar surface area (TPSA) is 122 Å². The molecule has 8 heteroatoms. The molecule has 0 saturated carbocycles. The monoisotopic (exact) mass is 355 g/mol. The van der Waals surface area contributed by atoms with Crippen molar-refractivity contribution in [3.8, 4) is 0 Å². The Hall–Kier alpha value is -2.30. The van der Waals surface area contributed by atoms with Gasteiger partial charge in [0.2, 0.25) is 12.2 Å². The van der Waals surface area contributed by atoms with E-state index in [9.17, 15) is 14.4 Å². The number of carbonyl (C=O) groups excluding carboxylic acids is 2. The van der Waals surface area contributed by atoms with Crippen molar-refractivity contribution in [1.82, 2.24) is 0 Å². The van der Waals surface area contributed by atoms with Gasteiger partial charge in [-0.15, -0.1) is 11.6 Å². The molecule has 0 aromatic heterocycles. The van der Waals surface area contributed by atoms with Crippen LogP contribution >= 0.6 is 11.6 Å². The summed E-state index contributed by atoms with van der Waals surface area (Å²) in [4.78, 5) is 36.7. The van der Waals surface area contributed by atoms with Gasteiger partial charge in [-0.05, 0) is 17.0 Å². The van der Waals surface area contributed by atoms with Crippen LogP contribution in [0.4, 0.5) is 0 Å². The SMILES string of the molecule is CC(C)[C@H](N)C(=O)O.CCl.O=C=NCc1cccc(CN=C=O)c1. The number of carboxylic acid groups (broad SMARTS) is 1. The molecule has 0 spiro atoms. The van der Waals surface area contributed by atoms with Crippen molar-refractivity contribution in [3.05, 3.63) is 35.4 Å². The molecule has 1 atom stereocenters. The lowest BCUT2D eigenvalue weighted by Crippen LogP contribution is -2.34. The summed E-state index contributed by atoms with van der Waals surface area (Å²) in [6.45, 7) is 4.17. The van der Waals surface area contributed by atoms with E-state index in [1.54, 1.807) is 13.8 Å². The van der Waals surface area contributed by atoms with Gasteiger partial charge in [0.05, 0.1) is 13.1 Å². The quantitative estimate of drug-likeness (QED) is 0.460. The van der Waals surface area contributed by atoms with Gasteiger partial charge in [0.1, 0.15) is 6.04 Å². The predicted octanol–water partition coefficient (Wildman–Crippen LogP) is 2.27. The Morgan fingerprint density at radius 3 is 1.83 bits per heavy atom. The molecule has 0 aliphatic heterocycles. The molecule has 0 bridgehead atoms. The molecule has 0 unspecified atom stereocenters. The summed E-state index contributed by atoms with van der Waals surface area (Å²) in [7, 11) is 0. The second-order valence-corrected chi connectivity index (χ2v) is 4.74. The third-order valence-electron chi connectivity index (χ3n) is 2.65. The third kappa shape index (κ3) is 12.3. The van der Waals surface area contributed by atoms with Gasteiger partial charge in [0.15, 0.2) is 0 Å². The average molecular weight is 356 g/mol. The van der Waals surface area contributed by atoms with Crippen molar-refractivity contribution in [2.45, 2.75) is 33.0 Å². The molecule has 0 aliphatic carbocycles. The van der Waals surface area contributed by atoms with Gasteiger partial charge in [-0.25, -0.2) is 19.6 Å². The fourth-order valence-electron chi connectivity index (χ4n) is 1.36. The molecule has 1 aromatic carbocycles. The molecule has 0 amide bonds. The number of rotatable bonds is 6. The highest BCUT2D eigenvalue weighted by atomic mass is 35.5. The zero-order valence-corrected chi connectivity index (χ0v) is 14.7. The Labute approximate surface area is 146 Å². The van der Waals surface area contributed by atoms with E-state index >= 15 is 0 Å². The minimum atomic E-state index is -0.931. The van der Waals surface area contributed by atoms with Gasteiger partial charge in [0, 0.05) is 6.38 Å². The number of aliphatic carboxylic acids is 1. The molecule has 0 fully saturated rings. The fourth-order valence-corrected chi connectivity index (χ4v) is 1.36. The van der Waals surface area contributed by atoms with Crippen LogP contribution in [-0.4, -0.2) is 35.7 Å². The van der Waals surface area contributed by atoms with Crippen molar-refractivity contribution < 1.29 is 19.5 Å². The number of isocyanates is 2. The van der Waals surface area contributed by atoms with Crippen LogP contribution in [0.1, 0.15) is 25.0 Å². The number of halogens is 1. The van der Waals surface area contributed by atoms with E-state index in [4.69, 9.17) is 10.8 Å². The van der Waals surface area contributed by atoms with Crippen molar-refractivity contribution in [2.75, 3.05) is 6.38 Å². The molecule has 1 aromatic rings. The number of hydrogen-bond acceptors (Lipinski definition) is 6. The molecule has 1 rings (SSSR count). The number of nitrogens with zero attached hydrogens (tertiary/aromatic N) is 2. The highest BCUT2D eigenvalue weighted by Crippen LogP contribution is 2.07. The maximum atomic E-state index is 10.0. The lowest BCUT2D eigenvalue weighted by molar-refractivity contribution is -0.139. The number of benzene rings is 1. The van der Waals surface area contributed by atoms with Gasteiger partial charge < -0.3 is 10.8 Å². The summed E-state index contributed by atoms with van der Waals surface area (Å²) in [5, 5.41) is 8.23. The molecule has 3 N–H and O–H groups in total. The van der Waals surface area contributed by atoms with Crippen LogP contribution in [0.25, 0.3) is 0 Å². The number of alkyl halides is 1. The Kier molecular flexibility index (Phi) is 15.6. The summed E-state index contributed by atoms with van der Waals surface area (Å²) >= 11 is 4.64. The van der Waals surface area contributed by atoms with Gasteiger partial charge in [-0.3, -0.25) is 4.79 Å². The van der Waals surface area contributed by atoms with Crippen LogP contribution in [-0.2, 0) is 27.5 Å². The normalized spacial score (nSPS) is 9.92. The summed E-state index contributed by atoms with van der Waals surface area (Å²) in [5.41, 5.74) is 6.95. The molecule has 0 aliphatic rings. The predicted molar refractivity (Wildman–Crippen MR) is 92.3 cm³/mol. The molecule has 0 heterocycles. The highest BCUT2D eigenvalue weighted by molar-refractivity contribution is 6.15. The maximum Gasteiger partial charge on any atom is 0.320 e. The molecular weight excluding hydrogens is 334 g/mol. The number of hydrogen-bond donors (Lipinski definition) is 2. The summed E-state index contributed by atoms with van der Waals surface area (Å²) in [6.07, 6.45) is 4.41. The van der Waals surface area contributed by atoms with Gasteiger partial charge in [-0.2, -0.15) is 0 Å². The maximum absolute atomic E-state index is 10.0. The Balaban J connectivity index is 0. The molecule has 7 nitrogen and oxygen atoms in total. The first-order chi connectivity index (χ1) is 11.4. The second kappa shape index (κ2) is 15.6. The molecule has 0 saturated heterocycles. The number of nitrogens with two attached hydrogens (primary N) is 1. The van der Waals surface area contributed by atoms with Crippen LogP contribution in [0.5, 0.6) is 0 Å². The molecular formula is C16H22ClN3O4. The first-order valence-electron chi connectivity index (χ1n) is 6.93. The largest absolute Gasteiger partial charge is 0.480 e. The smallest absolute Gasteiger partial charge is 0.320 e. The lowest BCUT2D eigenvalue weighted by Gasteiger charge is -2.07. The summed E-state index contributed by atoms with van der Waals surface area (Å²) < 4.78 is 0. The Morgan fingerprint density at radius 1 is 1.17 bits per heavy atom. The van der Waals surface area contributed by atoms with Crippen LogP contribution in [0, 0.1) is 5.92 Å². The second-order valence-electron chi connectivity index (χ2n) is 4.74. The Bertz CT molecular complexity index is 545. The van der Waals surface area contributed by atoms with E-state index in [-0.39, 0.29) is 5.92 Å². The van der Waals surface area contributed by atoms with E-state index in [2.05, 4.69) is 21.6 Å². The van der Waals surface area contributed by atoms with Crippen molar-refractivity contribution in [1.29, 1.82) is 0 Å². The minimum absolute atomic E-state index is 0.0208. The first-order valence-corrected chi connectivity index (χ1v) is 7.69. The van der Waals surface area contributed by atoms with Crippen molar-refractivity contribution >= 4 is 29.7 Å². The fraction of sp³-hybridized carbons (Fsp3) is 0.438. The summed E-state index contributed by atoms with van der Waals surface area (Å²) in [5.74, 6) is -0.910. The van der Waals surface area contributed by atoms with Gasteiger partial charge >= 0.3 is 5.97 Å². The zero-order chi connectivity index (χ0) is 19.0. The van der Waals surface area contributed by atoms with Crippen LogP contribution in [0.3, 0.4) is 0 Å². The van der Waals surface area contributed by atoms with Gasteiger partial charge in [0.25, 0.3) is 0 Å². The van der Waals surface area contributed by atoms with Gasteiger partial charge in [-0.1, -0.05) is 38.1 Å². The van der Waals surface area contributed by atoms with E-state index < -0.39 is 12.0 Å². The van der Waals surface area contributed by atoms with Crippen molar-refractivity contribution in [2.24, 2.45) is 21.6 Å². The van der Waals surface area contributed by atoms with Crippen LogP contribution in [0.15, 0.2) is 34.3 Å². The molecule has 0 radical (unpaired) electrons. The zero-order valence-electron chi connectivity index (χ0n) is 13.9. The lowest BCUT2D eigenvalue weighted by atomic mass is 10.1. The molecule has 132 valence electrons. The number of aliphatic imine (C=N–C) groups is 2. The van der Waals surface area contributed by atoms with Crippen molar-refractivity contribution in [3.63, 3.8) is 0 Å². The van der Waals surface area contributed by atoms with E-state index in [1.165, 1.54) is 18.5 Å².